The van der Waals surface area contributed by atoms with Gasteiger partial charge in [0.2, 0.25) is 0 Å². The van der Waals surface area contributed by atoms with E-state index in [0.717, 1.165) is 67.2 Å². The van der Waals surface area contributed by atoms with Gasteiger partial charge < -0.3 is 9.80 Å². The van der Waals surface area contributed by atoms with Crippen LogP contribution in [0.2, 0.25) is 0 Å². The van der Waals surface area contributed by atoms with E-state index in [1.807, 2.05) is 46.2 Å². The number of nitrogens with zero attached hydrogens (tertiary/aromatic N) is 2. The van der Waals surface area contributed by atoms with E-state index >= 15 is 0 Å². The molecular weight excluding hydrogens is 596 g/mol. The molecule has 2 aromatic heterocycles. The van der Waals surface area contributed by atoms with Crippen LogP contribution in [-0.2, 0) is 9.59 Å². The summed E-state index contributed by atoms with van der Waals surface area (Å²) in [6, 6.07) is 7.93. The zero-order valence-electron chi connectivity index (χ0n) is 18.8. The average Bonchev–Trinajstić information content (AvgIpc) is 3.56. The topological polar surface area (TPSA) is 40.6 Å². The molecule has 0 aromatic carbocycles. The lowest BCUT2D eigenvalue weighted by Gasteiger charge is -2.24. The van der Waals surface area contributed by atoms with Gasteiger partial charge in [-0.15, -0.1) is 35.8 Å². The molecule has 0 fully saturated rings. The third kappa shape index (κ3) is 4.96. The molecule has 0 unspecified atom stereocenters. The number of allylic oxidation sites excluding steroid dienone is 2. The molecule has 4 nitrogen and oxygen atoms in total. The number of unbranched alkanes of at least 4 members (excludes halogenated alkanes) is 4. The summed E-state index contributed by atoms with van der Waals surface area (Å²) in [5, 5.41) is 0. The molecular formula is C26H26Br2N2O2S2. The number of fused-ring (bicyclic) bond motifs is 1. The van der Waals surface area contributed by atoms with Crippen molar-refractivity contribution >= 4 is 77.7 Å². The Balaban J connectivity index is 1.81. The summed E-state index contributed by atoms with van der Waals surface area (Å²) in [6.07, 6.45) is 9.24. The number of carbonyl (C=O) groups excluding carboxylic acids is 2. The van der Waals surface area contributed by atoms with Gasteiger partial charge in [0.25, 0.3) is 11.8 Å². The molecule has 34 heavy (non-hydrogen) atoms. The Morgan fingerprint density at radius 1 is 0.706 bits per heavy atom. The number of rotatable bonds is 12. The molecule has 0 radical (unpaired) electrons. The van der Waals surface area contributed by atoms with Crippen molar-refractivity contribution in [3.8, 4) is 0 Å². The molecule has 4 rings (SSSR count). The molecule has 0 spiro atoms. The van der Waals surface area contributed by atoms with Gasteiger partial charge in [-0.3, -0.25) is 9.59 Å². The van der Waals surface area contributed by atoms with E-state index in [1.165, 1.54) is 0 Å². The largest absolute Gasteiger partial charge is 0.306 e. The zero-order chi connectivity index (χ0) is 24.2. The Labute approximate surface area is 225 Å². The number of hydrogen-bond donors (Lipinski definition) is 0. The summed E-state index contributed by atoms with van der Waals surface area (Å²) < 4.78 is 1.95. The van der Waals surface area contributed by atoms with E-state index < -0.39 is 0 Å². The molecule has 178 valence electrons. The SMILES string of the molecule is C=CCCCCN1C(=O)C2=C(c3ccc(Br)s3)N(CCCCC=C)C(=O)C2=C1c1ccc(Br)s1. The summed E-state index contributed by atoms with van der Waals surface area (Å²) in [7, 11) is 0. The van der Waals surface area contributed by atoms with Crippen molar-refractivity contribution in [1.29, 1.82) is 0 Å². The Hall–Kier alpha value is -1.74. The molecule has 2 aliphatic rings. The van der Waals surface area contributed by atoms with Crippen LogP contribution in [0, 0.1) is 0 Å². The second kappa shape index (κ2) is 11.3. The van der Waals surface area contributed by atoms with Crippen molar-refractivity contribution in [2.45, 2.75) is 38.5 Å². The molecule has 0 atom stereocenters. The van der Waals surface area contributed by atoms with E-state index in [1.54, 1.807) is 22.7 Å². The normalized spacial score (nSPS) is 15.7. The van der Waals surface area contributed by atoms with E-state index in [-0.39, 0.29) is 11.8 Å². The highest BCUT2D eigenvalue weighted by molar-refractivity contribution is 9.11. The fourth-order valence-electron chi connectivity index (χ4n) is 4.34. The van der Waals surface area contributed by atoms with Crippen LogP contribution in [0.5, 0.6) is 0 Å². The minimum Gasteiger partial charge on any atom is -0.306 e. The standard InChI is InChI=1S/C26H26Br2N2O2S2/c1-3-5-7-9-15-29-23(17-11-13-19(27)33-17)21-22(25(29)31)24(18-12-14-20(28)34-18)30(26(21)32)16-10-8-6-4-2/h3-4,11-14H,1-2,5-10,15-16H2. The molecule has 2 aliphatic heterocycles. The van der Waals surface area contributed by atoms with Crippen LogP contribution in [-0.4, -0.2) is 34.7 Å². The lowest BCUT2D eigenvalue weighted by molar-refractivity contribution is -0.124. The summed E-state index contributed by atoms with van der Waals surface area (Å²) >= 11 is 10.2. The lowest BCUT2D eigenvalue weighted by atomic mass is 10.1. The van der Waals surface area contributed by atoms with Crippen LogP contribution in [0.25, 0.3) is 11.4 Å². The third-order valence-electron chi connectivity index (χ3n) is 5.87. The highest BCUT2D eigenvalue weighted by Gasteiger charge is 2.49. The van der Waals surface area contributed by atoms with Crippen LogP contribution in [0.1, 0.15) is 48.3 Å². The van der Waals surface area contributed by atoms with E-state index in [0.29, 0.717) is 24.2 Å². The minimum atomic E-state index is -0.0745. The quantitative estimate of drug-likeness (QED) is 0.179. The highest BCUT2D eigenvalue weighted by atomic mass is 79.9. The van der Waals surface area contributed by atoms with Gasteiger partial charge in [0.05, 0.1) is 39.9 Å². The van der Waals surface area contributed by atoms with Crippen molar-refractivity contribution in [3.05, 3.63) is 78.0 Å². The number of amides is 2. The summed E-state index contributed by atoms with van der Waals surface area (Å²) in [5.41, 5.74) is 2.60. The summed E-state index contributed by atoms with van der Waals surface area (Å²) in [4.78, 5) is 33.3. The van der Waals surface area contributed by atoms with E-state index in [2.05, 4.69) is 45.0 Å². The van der Waals surface area contributed by atoms with Crippen molar-refractivity contribution < 1.29 is 9.59 Å². The van der Waals surface area contributed by atoms with Crippen molar-refractivity contribution in [2.75, 3.05) is 13.1 Å². The first-order chi connectivity index (χ1) is 16.5. The average molecular weight is 622 g/mol. The maximum atomic E-state index is 13.9. The van der Waals surface area contributed by atoms with Gasteiger partial charge in [-0.25, -0.2) is 0 Å². The van der Waals surface area contributed by atoms with Gasteiger partial charge in [0, 0.05) is 13.1 Å². The fourth-order valence-corrected chi connectivity index (χ4v) is 7.23. The Morgan fingerprint density at radius 2 is 1.12 bits per heavy atom. The number of carbonyl (C=O) groups is 2. The van der Waals surface area contributed by atoms with Gasteiger partial charge in [0.1, 0.15) is 0 Å². The van der Waals surface area contributed by atoms with Gasteiger partial charge >= 0.3 is 0 Å². The first-order valence-electron chi connectivity index (χ1n) is 11.3. The maximum Gasteiger partial charge on any atom is 0.261 e. The van der Waals surface area contributed by atoms with Crippen LogP contribution < -0.4 is 0 Å². The van der Waals surface area contributed by atoms with Crippen LogP contribution in [0.3, 0.4) is 0 Å². The molecule has 4 heterocycles. The molecule has 2 aromatic rings. The van der Waals surface area contributed by atoms with Gasteiger partial charge in [-0.1, -0.05) is 12.2 Å². The first kappa shape index (κ1) is 25.4. The van der Waals surface area contributed by atoms with Gasteiger partial charge in [-0.2, -0.15) is 0 Å². The zero-order valence-corrected chi connectivity index (χ0v) is 23.6. The third-order valence-corrected chi connectivity index (χ3v) is 9.14. The van der Waals surface area contributed by atoms with E-state index in [9.17, 15) is 9.59 Å². The predicted octanol–water partition coefficient (Wildman–Crippen LogP) is 7.85. The van der Waals surface area contributed by atoms with E-state index in [4.69, 9.17) is 0 Å². The highest BCUT2D eigenvalue weighted by Crippen LogP contribution is 2.49. The van der Waals surface area contributed by atoms with Crippen LogP contribution >= 0.6 is 54.5 Å². The van der Waals surface area contributed by atoms with Gasteiger partial charge in [-0.05, 0) is 94.7 Å². The molecule has 0 bridgehead atoms. The molecule has 0 N–H and O–H groups in total. The van der Waals surface area contributed by atoms with Gasteiger partial charge in [0.15, 0.2) is 0 Å². The molecule has 2 amide bonds. The fraction of sp³-hybridized carbons (Fsp3) is 0.308. The summed E-state index contributed by atoms with van der Waals surface area (Å²) in [6.45, 7) is 8.76. The number of halogens is 2. The smallest absolute Gasteiger partial charge is 0.261 e. The summed E-state index contributed by atoms with van der Waals surface area (Å²) in [5.74, 6) is -0.149. The number of hydrogen-bond acceptors (Lipinski definition) is 4. The lowest BCUT2D eigenvalue weighted by Crippen LogP contribution is -2.30. The second-order valence-corrected chi connectivity index (χ2v) is 13.1. The Bertz CT molecular complexity index is 1100. The molecule has 0 saturated heterocycles. The van der Waals surface area contributed by atoms with Crippen molar-refractivity contribution in [1.82, 2.24) is 9.80 Å². The Kier molecular flexibility index (Phi) is 8.45. The maximum absolute atomic E-state index is 13.9. The number of thiophene rings is 2. The van der Waals surface area contributed by atoms with Crippen LogP contribution in [0.15, 0.2) is 68.3 Å². The van der Waals surface area contributed by atoms with Crippen molar-refractivity contribution in [2.24, 2.45) is 0 Å². The first-order valence-corrected chi connectivity index (χ1v) is 14.6. The monoisotopic (exact) mass is 620 g/mol. The predicted molar refractivity (Wildman–Crippen MR) is 149 cm³/mol. The van der Waals surface area contributed by atoms with Crippen molar-refractivity contribution in [3.63, 3.8) is 0 Å². The second-order valence-electron chi connectivity index (χ2n) is 8.14. The molecule has 8 heteroatoms. The Morgan fingerprint density at radius 3 is 1.44 bits per heavy atom. The molecule has 0 saturated carbocycles. The molecule has 0 aliphatic carbocycles. The minimum absolute atomic E-state index is 0.0745. The van der Waals surface area contributed by atoms with Crippen LogP contribution in [0.4, 0.5) is 0 Å².